The molecule has 0 saturated carbocycles. The Balaban J connectivity index is 0.000001000. The van der Waals surface area contributed by atoms with Gasteiger partial charge >= 0.3 is 19.5 Å². The van der Waals surface area contributed by atoms with Crippen LogP contribution in [0.4, 0.5) is 0 Å². The predicted octanol–water partition coefficient (Wildman–Crippen LogP) is 3.11. The zero-order valence-electron chi connectivity index (χ0n) is 7.85. The third kappa shape index (κ3) is 1.82. The molecule has 0 aliphatic heterocycles. The molecule has 1 aliphatic rings. The second kappa shape index (κ2) is 3.23. The topological polar surface area (TPSA) is 0 Å². The van der Waals surface area contributed by atoms with E-state index in [-0.39, 0.29) is 24.9 Å². The number of rotatable bonds is 0. The molecule has 0 N–H and O–H groups in total. The van der Waals surface area contributed by atoms with Crippen LogP contribution in [0.15, 0.2) is 16.7 Å². The summed E-state index contributed by atoms with van der Waals surface area (Å²) in [6, 6.07) is 0. The summed E-state index contributed by atoms with van der Waals surface area (Å²) in [5.41, 5.74) is 4.39. The molecule has 0 aromatic heterocycles. The normalized spacial score (nSPS) is 21.4. The van der Waals surface area contributed by atoms with Gasteiger partial charge in [0.1, 0.15) is 0 Å². The predicted molar refractivity (Wildman–Crippen MR) is 44.6 cm³/mol. The molecule has 63 valence electrons. The molecule has 0 spiro atoms. The van der Waals surface area contributed by atoms with Gasteiger partial charge in [0.05, 0.1) is 0 Å². The third-order valence-electron chi connectivity index (χ3n) is 2.56. The molecule has 11 heavy (non-hydrogen) atoms. The first-order chi connectivity index (χ1) is 4.45. The molecule has 0 saturated heterocycles. The monoisotopic (exact) mass is 237 g/mol. The quantitative estimate of drug-likeness (QED) is 0.448. The van der Waals surface area contributed by atoms with Crippen LogP contribution in [0, 0.1) is 11.5 Å². The van der Waals surface area contributed by atoms with Crippen molar-refractivity contribution in [3.63, 3.8) is 0 Å². The summed E-state index contributed by atoms with van der Waals surface area (Å²) >= 11 is 0. The Bertz CT molecular complexity index is 219. The molecule has 1 rings (SSSR count). The zero-order chi connectivity index (χ0) is 7.94. The van der Waals surface area contributed by atoms with Gasteiger partial charge in [0.2, 0.25) is 0 Å². The molecule has 0 aromatic rings. The fourth-order valence-electron chi connectivity index (χ4n) is 1.41. The maximum absolute atomic E-state index is 3.44. The standard InChI is InChI=1S/C10H15.Ru/c1-7-6-10(4,5)9(3)8(7)2;/h1-5H3;/q-1;+1. The Morgan fingerprint density at radius 1 is 1.09 bits per heavy atom. The van der Waals surface area contributed by atoms with Gasteiger partial charge in [0, 0.05) is 0 Å². The molecule has 0 bridgehead atoms. The molecule has 0 fully saturated rings. The van der Waals surface area contributed by atoms with Crippen LogP contribution in [0.25, 0.3) is 0 Å². The first kappa shape index (κ1) is 11.1. The van der Waals surface area contributed by atoms with Gasteiger partial charge in [0.15, 0.2) is 0 Å². The molecule has 0 nitrogen and oxygen atoms in total. The second-order valence-electron chi connectivity index (χ2n) is 3.62. The maximum Gasteiger partial charge on any atom is 1.00 e. The minimum Gasteiger partial charge on any atom is -0.263 e. The average molecular weight is 236 g/mol. The largest absolute Gasteiger partial charge is 1.00 e. The Morgan fingerprint density at radius 3 is 1.64 bits per heavy atom. The average Bonchev–Trinajstić information content (AvgIpc) is 1.95. The van der Waals surface area contributed by atoms with Crippen LogP contribution in [0.3, 0.4) is 0 Å². The third-order valence-corrected chi connectivity index (χ3v) is 2.56. The minimum atomic E-state index is 0. The minimum absolute atomic E-state index is 0. The fourth-order valence-corrected chi connectivity index (χ4v) is 1.41. The van der Waals surface area contributed by atoms with Crippen LogP contribution in [0.5, 0.6) is 0 Å². The van der Waals surface area contributed by atoms with Crippen molar-refractivity contribution in [3.05, 3.63) is 22.8 Å². The van der Waals surface area contributed by atoms with Crippen LogP contribution in [-0.4, -0.2) is 0 Å². The molecule has 0 aromatic carbocycles. The van der Waals surface area contributed by atoms with Crippen molar-refractivity contribution in [3.8, 4) is 0 Å². The van der Waals surface area contributed by atoms with Crippen molar-refractivity contribution >= 4 is 0 Å². The van der Waals surface area contributed by atoms with Crippen molar-refractivity contribution in [2.24, 2.45) is 5.41 Å². The van der Waals surface area contributed by atoms with E-state index in [1.807, 2.05) is 0 Å². The summed E-state index contributed by atoms with van der Waals surface area (Å²) < 4.78 is 0. The summed E-state index contributed by atoms with van der Waals surface area (Å²) in [4.78, 5) is 0. The van der Waals surface area contributed by atoms with Gasteiger partial charge in [-0.05, 0) is 0 Å². The molecule has 0 atom stereocenters. The van der Waals surface area contributed by atoms with E-state index in [0.717, 1.165) is 0 Å². The van der Waals surface area contributed by atoms with Crippen molar-refractivity contribution in [1.82, 2.24) is 0 Å². The summed E-state index contributed by atoms with van der Waals surface area (Å²) in [6.07, 6.45) is 3.44. The molecular formula is C10H15Ru. The molecule has 1 heteroatoms. The van der Waals surface area contributed by atoms with Crippen LogP contribution in [-0.2, 0) is 19.5 Å². The SMILES string of the molecule is CC1=[C-]C(C)(C)C(C)=C1C.[Ru+]. The second-order valence-corrected chi connectivity index (χ2v) is 3.62. The van der Waals surface area contributed by atoms with E-state index < -0.39 is 0 Å². The zero-order valence-corrected chi connectivity index (χ0v) is 9.59. The number of allylic oxidation sites excluding steroid dienone is 4. The summed E-state index contributed by atoms with van der Waals surface area (Å²) in [5, 5.41) is 0. The van der Waals surface area contributed by atoms with E-state index in [9.17, 15) is 0 Å². The fraction of sp³-hybridized carbons (Fsp3) is 0.600. The molecular weight excluding hydrogens is 221 g/mol. The van der Waals surface area contributed by atoms with Crippen molar-refractivity contribution in [1.29, 1.82) is 0 Å². The van der Waals surface area contributed by atoms with E-state index in [1.165, 1.54) is 16.7 Å². The molecule has 1 radical (unpaired) electrons. The first-order valence-electron chi connectivity index (χ1n) is 3.75. The summed E-state index contributed by atoms with van der Waals surface area (Å²) in [5.74, 6) is 0. The van der Waals surface area contributed by atoms with Gasteiger partial charge in [-0.15, -0.1) is 6.92 Å². The van der Waals surface area contributed by atoms with E-state index in [1.54, 1.807) is 0 Å². The van der Waals surface area contributed by atoms with Crippen LogP contribution >= 0.6 is 0 Å². The van der Waals surface area contributed by atoms with Gasteiger partial charge < -0.3 is 0 Å². The smallest absolute Gasteiger partial charge is 0.263 e. The van der Waals surface area contributed by atoms with Gasteiger partial charge in [0.25, 0.3) is 0 Å². The summed E-state index contributed by atoms with van der Waals surface area (Å²) in [6.45, 7) is 10.9. The Labute approximate surface area is 82.5 Å². The summed E-state index contributed by atoms with van der Waals surface area (Å²) in [7, 11) is 0. The van der Waals surface area contributed by atoms with E-state index in [0.29, 0.717) is 0 Å². The van der Waals surface area contributed by atoms with Gasteiger partial charge in [-0.25, -0.2) is 5.57 Å². The van der Waals surface area contributed by atoms with Crippen LogP contribution < -0.4 is 0 Å². The van der Waals surface area contributed by atoms with E-state index >= 15 is 0 Å². The van der Waals surface area contributed by atoms with Crippen molar-refractivity contribution < 1.29 is 19.5 Å². The Hall–Kier alpha value is 0.103. The Kier molecular flexibility index (Phi) is 3.26. The van der Waals surface area contributed by atoms with E-state index in [4.69, 9.17) is 0 Å². The van der Waals surface area contributed by atoms with Gasteiger partial charge in [-0.3, -0.25) is 6.08 Å². The number of hydrogen-bond donors (Lipinski definition) is 0. The van der Waals surface area contributed by atoms with Crippen molar-refractivity contribution in [2.45, 2.75) is 34.6 Å². The molecule has 0 unspecified atom stereocenters. The van der Waals surface area contributed by atoms with Gasteiger partial charge in [-0.1, -0.05) is 33.1 Å². The van der Waals surface area contributed by atoms with Gasteiger partial charge in [-0.2, -0.15) is 11.1 Å². The molecule has 0 amide bonds. The first-order valence-corrected chi connectivity index (χ1v) is 3.75. The maximum atomic E-state index is 3.44. The number of hydrogen-bond acceptors (Lipinski definition) is 0. The molecule has 0 heterocycles. The molecule has 1 aliphatic carbocycles. The van der Waals surface area contributed by atoms with Crippen LogP contribution in [0.1, 0.15) is 34.6 Å². The Morgan fingerprint density at radius 2 is 1.55 bits per heavy atom. The van der Waals surface area contributed by atoms with Crippen molar-refractivity contribution in [2.75, 3.05) is 0 Å². The van der Waals surface area contributed by atoms with E-state index in [2.05, 4.69) is 40.7 Å². The van der Waals surface area contributed by atoms with Crippen LogP contribution in [0.2, 0.25) is 0 Å².